The van der Waals surface area contributed by atoms with Crippen molar-refractivity contribution < 1.29 is 9.53 Å². The number of hydrogen-bond donors (Lipinski definition) is 1. The van der Waals surface area contributed by atoms with Gasteiger partial charge in [0.25, 0.3) is 0 Å². The molecular formula is C13H10Br2ClNO2S. The summed E-state index contributed by atoms with van der Waals surface area (Å²) in [6.07, 6.45) is 0. The Morgan fingerprint density at radius 3 is 2.65 bits per heavy atom. The van der Waals surface area contributed by atoms with E-state index in [0.29, 0.717) is 5.02 Å². The number of carbonyl (C=O) groups excluding carboxylic acids is 1. The normalized spacial score (nSPS) is 12.0. The fourth-order valence-corrected chi connectivity index (χ4v) is 3.56. The van der Waals surface area contributed by atoms with Crippen LogP contribution >= 0.6 is 54.8 Å². The van der Waals surface area contributed by atoms with Gasteiger partial charge in [-0.05, 0) is 62.2 Å². The molecule has 1 heterocycles. The molecule has 1 N–H and O–H groups in total. The van der Waals surface area contributed by atoms with Crippen molar-refractivity contribution in [3.05, 3.63) is 48.5 Å². The zero-order chi connectivity index (χ0) is 14.7. The Balaban J connectivity index is 2.28. The number of thiophene rings is 1. The van der Waals surface area contributed by atoms with E-state index in [0.717, 1.165) is 18.8 Å². The van der Waals surface area contributed by atoms with Crippen LogP contribution in [0.4, 0.5) is 5.69 Å². The molecule has 20 heavy (non-hydrogen) atoms. The third-order valence-electron chi connectivity index (χ3n) is 2.55. The minimum absolute atomic E-state index is 0.342. The van der Waals surface area contributed by atoms with Crippen LogP contribution in [0.5, 0.6) is 0 Å². The second kappa shape index (κ2) is 6.93. The van der Waals surface area contributed by atoms with Gasteiger partial charge in [-0.3, -0.25) is 0 Å². The van der Waals surface area contributed by atoms with Crippen LogP contribution in [0.2, 0.25) is 5.02 Å². The van der Waals surface area contributed by atoms with Gasteiger partial charge < -0.3 is 10.1 Å². The molecule has 0 bridgehead atoms. The molecule has 0 amide bonds. The predicted molar refractivity (Wildman–Crippen MR) is 89.6 cm³/mol. The minimum atomic E-state index is -0.552. The summed E-state index contributed by atoms with van der Waals surface area (Å²) >= 11 is 14.2. The molecule has 7 heteroatoms. The lowest BCUT2D eigenvalue weighted by Gasteiger charge is -2.16. The molecular weight excluding hydrogens is 429 g/mol. The molecule has 0 radical (unpaired) electrons. The number of carbonyl (C=O) groups is 1. The summed E-state index contributed by atoms with van der Waals surface area (Å²) in [6.45, 7) is 0. The minimum Gasteiger partial charge on any atom is -0.467 e. The van der Waals surface area contributed by atoms with E-state index in [1.54, 1.807) is 6.07 Å². The number of esters is 1. The monoisotopic (exact) mass is 437 g/mol. The molecule has 0 saturated carbocycles. The lowest BCUT2D eigenvalue weighted by Crippen LogP contribution is -2.21. The molecule has 106 valence electrons. The standard InChI is InChI=1S/C13H10Br2ClNO2S/c1-19-13(18)12(10-4-5-11(15)20-10)17-7-2-3-9(16)8(14)6-7/h2-6,12,17H,1H3. The van der Waals surface area contributed by atoms with Crippen LogP contribution in [0.1, 0.15) is 10.9 Å². The van der Waals surface area contributed by atoms with Crippen LogP contribution in [0.3, 0.4) is 0 Å². The highest BCUT2D eigenvalue weighted by Gasteiger charge is 2.23. The van der Waals surface area contributed by atoms with Crippen molar-refractivity contribution in [2.24, 2.45) is 0 Å². The van der Waals surface area contributed by atoms with Gasteiger partial charge in [0.1, 0.15) is 0 Å². The summed E-state index contributed by atoms with van der Waals surface area (Å²) in [5.74, 6) is -0.342. The highest BCUT2D eigenvalue weighted by Crippen LogP contribution is 2.32. The van der Waals surface area contributed by atoms with Crippen molar-refractivity contribution in [2.45, 2.75) is 6.04 Å². The highest BCUT2D eigenvalue weighted by molar-refractivity contribution is 9.11. The van der Waals surface area contributed by atoms with E-state index in [1.807, 2.05) is 24.3 Å². The van der Waals surface area contributed by atoms with Gasteiger partial charge in [-0.1, -0.05) is 11.6 Å². The second-order valence-corrected chi connectivity index (χ2v) is 7.63. The Labute approximate surface area is 142 Å². The number of anilines is 1. The van der Waals surface area contributed by atoms with E-state index in [9.17, 15) is 4.79 Å². The summed E-state index contributed by atoms with van der Waals surface area (Å²) in [5.41, 5.74) is 0.779. The van der Waals surface area contributed by atoms with Gasteiger partial charge in [-0.2, -0.15) is 0 Å². The molecule has 0 spiro atoms. The topological polar surface area (TPSA) is 38.3 Å². The molecule has 0 aliphatic rings. The number of hydrogen-bond acceptors (Lipinski definition) is 4. The number of benzene rings is 1. The highest BCUT2D eigenvalue weighted by atomic mass is 79.9. The smallest absolute Gasteiger partial charge is 0.333 e. The first kappa shape index (κ1) is 15.8. The zero-order valence-electron chi connectivity index (χ0n) is 10.3. The van der Waals surface area contributed by atoms with Crippen LogP contribution < -0.4 is 5.32 Å². The summed E-state index contributed by atoms with van der Waals surface area (Å²) in [7, 11) is 1.37. The molecule has 1 atom stereocenters. The lowest BCUT2D eigenvalue weighted by molar-refractivity contribution is -0.141. The van der Waals surface area contributed by atoms with E-state index in [-0.39, 0.29) is 5.97 Å². The van der Waals surface area contributed by atoms with Gasteiger partial charge in [0.05, 0.1) is 15.9 Å². The molecule has 1 aromatic heterocycles. The van der Waals surface area contributed by atoms with Gasteiger partial charge in [-0.15, -0.1) is 11.3 Å². The van der Waals surface area contributed by atoms with Gasteiger partial charge >= 0.3 is 5.97 Å². The van der Waals surface area contributed by atoms with Crippen LogP contribution in [0.25, 0.3) is 0 Å². The van der Waals surface area contributed by atoms with Gasteiger partial charge in [0, 0.05) is 15.0 Å². The fourth-order valence-electron chi connectivity index (χ4n) is 1.60. The van der Waals surface area contributed by atoms with Gasteiger partial charge in [-0.25, -0.2) is 4.79 Å². The van der Waals surface area contributed by atoms with Crippen molar-refractivity contribution in [3.63, 3.8) is 0 Å². The van der Waals surface area contributed by atoms with Crippen molar-refractivity contribution in [1.29, 1.82) is 0 Å². The molecule has 2 aromatic rings. The summed E-state index contributed by atoms with van der Waals surface area (Å²) in [4.78, 5) is 12.8. The van der Waals surface area contributed by atoms with E-state index >= 15 is 0 Å². The lowest BCUT2D eigenvalue weighted by atomic mass is 10.2. The largest absolute Gasteiger partial charge is 0.467 e. The SMILES string of the molecule is COC(=O)C(Nc1ccc(Cl)c(Br)c1)c1ccc(Br)s1. The Morgan fingerprint density at radius 2 is 2.10 bits per heavy atom. The Kier molecular flexibility index (Phi) is 5.49. The van der Waals surface area contributed by atoms with Crippen molar-refractivity contribution >= 4 is 66.5 Å². The first-order chi connectivity index (χ1) is 9.51. The first-order valence-electron chi connectivity index (χ1n) is 5.56. The van der Waals surface area contributed by atoms with Crippen molar-refractivity contribution in [3.8, 4) is 0 Å². The molecule has 0 fully saturated rings. The van der Waals surface area contributed by atoms with Crippen molar-refractivity contribution in [2.75, 3.05) is 12.4 Å². The number of ether oxygens (including phenoxy) is 1. The van der Waals surface area contributed by atoms with E-state index in [4.69, 9.17) is 16.3 Å². The molecule has 2 rings (SSSR count). The Bertz CT molecular complexity index is 633. The van der Waals surface area contributed by atoms with Gasteiger partial charge in [0.2, 0.25) is 0 Å². The molecule has 3 nitrogen and oxygen atoms in total. The first-order valence-corrected chi connectivity index (χ1v) is 8.34. The maximum absolute atomic E-state index is 11.9. The summed E-state index contributed by atoms with van der Waals surface area (Å²) in [6, 6.07) is 8.62. The summed E-state index contributed by atoms with van der Waals surface area (Å²) in [5, 5.41) is 3.77. The maximum Gasteiger partial charge on any atom is 0.333 e. The number of halogens is 3. The average molecular weight is 440 g/mol. The van der Waals surface area contributed by atoms with Crippen LogP contribution in [-0.2, 0) is 9.53 Å². The van der Waals surface area contributed by atoms with E-state index in [1.165, 1.54) is 18.4 Å². The van der Waals surface area contributed by atoms with E-state index in [2.05, 4.69) is 37.2 Å². The quantitative estimate of drug-likeness (QED) is 0.661. The molecule has 0 aliphatic carbocycles. The van der Waals surface area contributed by atoms with Crippen LogP contribution in [0, 0.1) is 0 Å². The maximum atomic E-state index is 11.9. The van der Waals surface area contributed by atoms with Gasteiger partial charge in [0.15, 0.2) is 6.04 Å². The van der Waals surface area contributed by atoms with E-state index < -0.39 is 6.04 Å². The van der Waals surface area contributed by atoms with Crippen LogP contribution in [0.15, 0.2) is 38.6 Å². The van der Waals surface area contributed by atoms with Crippen molar-refractivity contribution in [1.82, 2.24) is 0 Å². The third-order valence-corrected chi connectivity index (χ3v) is 5.45. The summed E-state index contributed by atoms with van der Waals surface area (Å²) < 4.78 is 6.58. The molecule has 1 aromatic carbocycles. The number of methoxy groups -OCH3 is 1. The molecule has 0 aliphatic heterocycles. The number of nitrogens with one attached hydrogen (secondary N) is 1. The predicted octanol–water partition coefficient (Wildman–Crippen LogP) is 5.25. The second-order valence-electron chi connectivity index (χ2n) is 3.87. The number of rotatable bonds is 4. The third kappa shape index (κ3) is 3.75. The molecule has 1 unspecified atom stereocenters. The fraction of sp³-hybridized carbons (Fsp3) is 0.154. The Morgan fingerprint density at radius 1 is 1.35 bits per heavy atom. The average Bonchev–Trinajstić information content (AvgIpc) is 2.85. The zero-order valence-corrected chi connectivity index (χ0v) is 15.1. The van der Waals surface area contributed by atoms with Crippen LogP contribution in [-0.4, -0.2) is 13.1 Å². The molecule has 0 saturated heterocycles. The Hall–Kier alpha value is -0.560.